The van der Waals surface area contributed by atoms with Gasteiger partial charge in [-0.25, -0.2) is 4.84 Å². The molecule has 1 aromatic rings. The van der Waals surface area contributed by atoms with Gasteiger partial charge in [0.05, 0.1) is 5.70 Å². The number of halogens is 1. The molecule has 0 fully saturated rings. The van der Waals surface area contributed by atoms with E-state index in [4.69, 9.17) is 17.5 Å². The normalized spacial score (nSPS) is 14.8. The molecule has 1 aliphatic heterocycles. The van der Waals surface area contributed by atoms with Crippen LogP contribution >= 0.6 is 11.8 Å². The predicted octanol–water partition coefficient (Wildman–Crippen LogP) is 0.856. The molecule has 106 valence electrons. The van der Waals surface area contributed by atoms with Crippen LogP contribution in [0, 0.1) is 0 Å². The van der Waals surface area contributed by atoms with Crippen LogP contribution in [0.2, 0.25) is 0 Å². The zero-order valence-electron chi connectivity index (χ0n) is 10.9. The number of nitrogens with zero attached hydrogens (tertiary/aromatic N) is 1. The Bertz CT molecular complexity index is 557. The van der Waals surface area contributed by atoms with Gasteiger partial charge in [-0.1, -0.05) is 18.2 Å². The Balaban J connectivity index is 2.15. The van der Waals surface area contributed by atoms with E-state index in [1.807, 2.05) is 11.0 Å². The Hall–Kier alpha value is -1.85. The molecule has 2 rings (SSSR count). The van der Waals surface area contributed by atoms with Gasteiger partial charge in [0.25, 0.3) is 0 Å². The van der Waals surface area contributed by atoms with Crippen molar-refractivity contribution in [1.82, 2.24) is 9.74 Å². The maximum atomic E-state index is 11.2. The average Bonchev–Trinajstić information content (AvgIpc) is 2.46. The van der Waals surface area contributed by atoms with Gasteiger partial charge in [0.15, 0.2) is 6.29 Å². The summed E-state index contributed by atoms with van der Waals surface area (Å²) in [5, 5.41) is 0. The van der Waals surface area contributed by atoms with Crippen LogP contribution in [-0.4, -0.2) is 23.5 Å². The number of aldehydes is 1. The summed E-state index contributed by atoms with van der Waals surface area (Å²) in [6.07, 6.45) is 2.66. The Morgan fingerprint density at radius 2 is 2.25 bits per heavy atom. The number of allylic oxidation sites excluding steroid dienone is 1. The minimum Gasteiger partial charge on any atom is -0.394 e. The Labute approximate surface area is 122 Å². The first-order chi connectivity index (χ1) is 9.63. The second-order valence-electron chi connectivity index (χ2n) is 4.70. The van der Waals surface area contributed by atoms with Crippen molar-refractivity contribution in [2.24, 2.45) is 5.73 Å². The molecule has 0 atom stereocenters. The van der Waals surface area contributed by atoms with Gasteiger partial charge in [-0.2, -0.15) is 0 Å². The molecule has 0 saturated carbocycles. The number of ketones is 1. The predicted molar refractivity (Wildman–Crippen MR) is 76.6 cm³/mol. The third kappa shape index (κ3) is 3.37. The Kier molecular flexibility index (Phi) is 4.76. The molecule has 0 aromatic heterocycles. The molecule has 0 saturated heterocycles. The van der Waals surface area contributed by atoms with Crippen LogP contribution in [0.3, 0.4) is 0 Å². The fourth-order valence-electron chi connectivity index (χ4n) is 2.26. The Morgan fingerprint density at radius 3 is 2.95 bits per heavy atom. The lowest BCUT2D eigenvalue weighted by atomic mass is 9.97. The van der Waals surface area contributed by atoms with Crippen molar-refractivity contribution in [1.29, 1.82) is 0 Å². The van der Waals surface area contributed by atoms with Gasteiger partial charge in [0, 0.05) is 25.8 Å². The van der Waals surface area contributed by atoms with E-state index in [9.17, 15) is 9.59 Å². The van der Waals surface area contributed by atoms with Gasteiger partial charge >= 0.3 is 0 Å². The van der Waals surface area contributed by atoms with Crippen molar-refractivity contribution in [2.45, 2.75) is 19.5 Å². The summed E-state index contributed by atoms with van der Waals surface area (Å²) in [6, 6.07) is 6.23. The molecule has 0 unspecified atom stereocenters. The molecular formula is C14H16ClN3O2. The average molecular weight is 294 g/mol. The van der Waals surface area contributed by atoms with Crippen molar-refractivity contribution in [2.75, 3.05) is 6.54 Å². The van der Waals surface area contributed by atoms with E-state index >= 15 is 0 Å². The summed E-state index contributed by atoms with van der Waals surface area (Å²) in [6.45, 7) is 2.03. The summed E-state index contributed by atoms with van der Waals surface area (Å²) >= 11 is 5.51. The van der Waals surface area contributed by atoms with Crippen LogP contribution in [0.25, 0.3) is 0 Å². The fraction of sp³-hybridized carbons (Fsp3) is 0.286. The zero-order chi connectivity index (χ0) is 14.5. The molecule has 0 amide bonds. The molecule has 6 heteroatoms. The van der Waals surface area contributed by atoms with E-state index in [0.717, 1.165) is 18.5 Å². The van der Waals surface area contributed by atoms with E-state index in [0.29, 0.717) is 13.1 Å². The van der Waals surface area contributed by atoms with E-state index in [1.54, 1.807) is 6.20 Å². The number of nitrogens with two attached hydrogens (primary N) is 1. The summed E-state index contributed by atoms with van der Waals surface area (Å²) < 4.78 is 0. The SMILES string of the molecule is N/C(=C\N1CCc2ccc(CNCl)cc2C1)C(=O)C=O. The van der Waals surface area contributed by atoms with Crippen molar-refractivity contribution in [3.8, 4) is 0 Å². The molecule has 1 aliphatic rings. The van der Waals surface area contributed by atoms with Crippen LogP contribution in [0.4, 0.5) is 0 Å². The van der Waals surface area contributed by atoms with Crippen LogP contribution in [0.1, 0.15) is 16.7 Å². The van der Waals surface area contributed by atoms with Crippen molar-refractivity contribution >= 4 is 23.8 Å². The number of hydrogen-bond acceptors (Lipinski definition) is 5. The van der Waals surface area contributed by atoms with Crippen LogP contribution in [0.5, 0.6) is 0 Å². The molecule has 1 aromatic carbocycles. The molecule has 0 bridgehead atoms. The lowest BCUT2D eigenvalue weighted by molar-refractivity contribution is -0.127. The highest BCUT2D eigenvalue weighted by Crippen LogP contribution is 2.21. The van der Waals surface area contributed by atoms with Gasteiger partial charge < -0.3 is 10.6 Å². The van der Waals surface area contributed by atoms with E-state index in [2.05, 4.69) is 17.0 Å². The fourth-order valence-corrected chi connectivity index (χ4v) is 2.41. The Morgan fingerprint density at radius 1 is 1.45 bits per heavy atom. The molecule has 0 aliphatic carbocycles. The van der Waals surface area contributed by atoms with Gasteiger partial charge in [-0.3, -0.25) is 9.59 Å². The van der Waals surface area contributed by atoms with Gasteiger partial charge in [-0.15, -0.1) is 0 Å². The topological polar surface area (TPSA) is 75.4 Å². The molecule has 1 heterocycles. The third-order valence-electron chi connectivity index (χ3n) is 3.30. The van der Waals surface area contributed by atoms with Crippen molar-refractivity contribution in [3.05, 3.63) is 46.8 Å². The number of Topliss-reactive ketones (excluding diaryl/α,β-unsaturated/α-hetero) is 1. The molecular weight excluding hydrogens is 278 g/mol. The second-order valence-corrected chi connectivity index (χ2v) is 4.97. The highest BCUT2D eigenvalue weighted by atomic mass is 35.5. The van der Waals surface area contributed by atoms with E-state index in [1.165, 1.54) is 11.1 Å². The van der Waals surface area contributed by atoms with Crippen molar-refractivity contribution < 1.29 is 9.59 Å². The number of nitrogens with one attached hydrogen (secondary N) is 1. The number of carbonyl (C=O) groups excluding carboxylic acids is 2. The number of carbonyl (C=O) groups is 2. The standard InChI is InChI=1S/C14H16ClN3O2/c15-17-6-10-1-2-11-3-4-18(7-12(11)5-10)8-13(16)14(20)9-19/h1-2,5,8-9,17H,3-4,6-7,16H2/b13-8-. The number of benzene rings is 1. The quantitative estimate of drug-likeness (QED) is 0.364. The number of fused-ring (bicyclic) bond motifs is 1. The molecule has 5 nitrogen and oxygen atoms in total. The summed E-state index contributed by atoms with van der Waals surface area (Å²) in [5.74, 6) is -0.684. The molecule has 3 N–H and O–H groups in total. The van der Waals surface area contributed by atoms with E-state index < -0.39 is 5.78 Å². The lowest BCUT2D eigenvalue weighted by Gasteiger charge is -2.28. The third-order valence-corrected chi connectivity index (χ3v) is 3.43. The van der Waals surface area contributed by atoms with E-state index in [-0.39, 0.29) is 12.0 Å². The highest BCUT2D eigenvalue weighted by molar-refractivity contribution is 6.32. The first-order valence-electron chi connectivity index (χ1n) is 6.29. The minimum absolute atomic E-state index is 0.0259. The van der Waals surface area contributed by atoms with Crippen LogP contribution in [-0.2, 0) is 29.1 Å². The van der Waals surface area contributed by atoms with Gasteiger partial charge in [0.1, 0.15) is 0 Å². The van der Waals surface area contributed by atoms with Gasteiger partial charge in [0.2, 0.25) is 5.78 Å². The molecule has 20 heavy (non-hydrogen) atoms. The maximum absolute atomic E-state index is 11.2. The highest BCUT2D eigenvalue weighted by Gasteiger charge is 2.15. The minimum atomic E-state index is -0.684. The summed E-state index contributed by atoms with van der Waals surface area (Å²) in [4.78, 5) is 26.1. The first kappa shape index (κ1) is 14.6. The lowest BCUT2D eigenvalue weighted by Crippen LogP contribution is -2.28. The van der Waals surface area contributed by atoms with Gasteiger partial charge in [-0.05, 0) is 34.9 Å². The monoisotopic (exact) mass is 293 g/mol. The van der Waals surface area contributed by atoms with Crippen LogP contribution < -0.4 is 10.6 Å². The first-order valence-corrected chi connectivity index (χ1v) is 6.67. The smallest absolute Gasteiger partial charge is 0.242 e. The number of rotatable bonds is 5. The van der Waals surface area contributed by atoms with Crippen molar-refractivity contribution in [3.63, 3.8) is 0 Å². The van der Waals surface area contributed by atoms with Crippen LogP contribution in [0.15, 0.2) is 30.1 Å². The molecule has 0 spiro atoms. The molecule has 0 radical (unpaired) electrons. The maximum Gasteiger partial charge on any atom is 0.242 e. The second kappa shape index (κ2) is 6.54. The summed E-state index contributed by atoms with van der Waals surface area (Å²) in [7, 11) is 0. The summed E-state index contributed by atoms with van der Waals surface area (Å²) in [5.41, 5.74) is 9.11. The largest absolute Gasteiger partial charge is 0.394 e. The zero-order valence-corrected chi connectivity index (χ0v) is 11.7. The number of hydrogen-bond donors (Lipinski definition) is 2.